The van der Waals surface area contributed by atoms with Gasteiger partial charge in [-0.15, -0.1) is 6.58 Å². The van der Waals surface area contributed by atoms with Crippen LogP contribution in [-0.2, 0) is 0 Å². The molecule has 1 heterocycles. The first-order valence-corrected chi connectivity index (χ1v) is 8.36. The van der Waals surface area contributed by atoms with Gasteiger partial charge in [-0.3, -0.25) is 4.90 Å². The first-order chi connectivity index (χ1) is 9.96. The van der Waals surface area contributed by atoms with Crippen molar-refractivity contribution >= 4 is 0 Å². The smallest absolute Gasteiger partial charge is 0.0194 e. The van der Waals surface area contributed by atoms with Crippen molar-refractivity contribution in [1.82, 2.24) is 10.2 Å². The predicted molar refractivity (Wildman–Crippen MR) is 92.4 cm³/mol. The van der Waals surface area contributed by atoms with Crippen molar-refractivity contribution in [1.29, 1.82) is 0 Å². The molecule has 1 saturated heterocycles. The highest BCUT2D eigenvalue weighted by Gasteiger charge is 2.38. The second kappa shape index (κ2) is 6.93. The van der Waals surface area contributed by atoms with Gasteiger partial charge in [-0.25, -0.2) is 0 Å². The van der Waals surface area contributed by atoms with E-state index < -0.39 is 0 Å². The minimum atomic E-state index is 0.220. The molecule has 118 valence electrons. The van der Waals surface area contributed by atoms with Crippen LogP contribution in [0.5, 0.6) is 0 Å². The van der Waals surface area contributed by atoms with Crippen LogP contribution in [0.4, 0.5) is 0 Å². The van der Waals surface area contributed by atoms with Crippen LogP contribution in [0, 0.1) is 17.3 Å². The normalized spacial score (nSPS) is 34.4. The van der Waals surface area contributed by atoms with Crippen molar-refractivity contribution in [2.24, 2.45) is 17.3 Å². The highest BCUT2D eigenvalue weighted by atomic mass is 15.2. The number of allylic oxidation sites excluding steroid dienone is 2. The zero-order valence-electron chi connectivity index (χ0n) is 14.0. The van der Waals surface area contributed by atoms with Gasteiger partial charge in [0.1, 0.15) is 0 Å². The Balaban J connectivity index is 1.96. The minimum absolute atomic E-state index is 0.220. The highest BCUT2D eigenvalue weighted by molar-refractivity contribution is 5.16. The van der Waals surface area contributed by atoms with Gasteiger partial charge in [0.15, 0.2) is 0 Å². The van der Waals surface area contributed by atoms with Gasteiger partial charge in [0, 0.05) is 32.7 Å². The number of rotatable bonds is 5. The lowest BCUT2D eigenvalue weighted by molar-refractivity contribution is 0.161. The Kier molecular flexibility index (Phi) is 5.45. The Labute approximate surface area is 131 Å². The lowest BCUT2D eigenvalue weighted by atomic mass is 9.61. The van der Waals surface area contributed by atoms with E-state index in [9.17, 15) is 0 Å². The first-order valence-electron chi connectivity index (χ1n) is 8.36. The maximum absolute atomic E-state index is 4.42. The zero-order valence-corrected chi connectivity index (χ0v) is 14.0. The SMILES string of the molecule is C=C[C@]1(C)CC[C@@H](C(=C)CN2CCNCC2)C[C@H]1C(=C)C. The number of piperazine rings is 1. The first kappa shape index (κ1) is 16.5. The summed E-state index contributed by atoms with van der Waals surface area (Å²) in [4.78, 5) is 2.54. The predicted octanol–water partition coefficient (Wildman–Crippen LogP) is 3.63. The molecular weight excluding hydrogens is 256 g/mol. The van der Waals surface area contributed by atoms with Crippen molar-refractivity contribution in [3.05, 3.63) is 37.0 Å². The second-order valence-corrected chi connectivity index (χ2v) is 7.26. The number of nitrogens with one attached hydrogen (secondary N) is 1. The van der Waals surface area contributed by atoms with Crippen molar-refractivity contribution in [2.75, 3.05) is 32.7 Å². The molecule has 0 radical (unpaired) electrons. The summed E-state index contributed by atoms with van der Waals surface area (Å²) in [5.74, 6) is 1.20. The number of hydrogen-bond donors (Lipinski definition) is 1. The molecule has 2 heteroatoms. The summed E-state index contributed by atoms with van der Waals surface area (Å²) in [6.45, 7) is 22.8. The number of nitrogens with zero attached hydrogens (tertiary/aromatic N) is 1. The van der Waals surface area contributed by atoms with E-state index in [1.54, 1.807) is 0 Å². The summed E-state index contributed by atoms with van der Waals surface area (Å²) in [6.07, 6.45) is 5.81. The number of hydrogen-bond acceptors (Lipinski definition) is 2. The van der Waals surface area contributed by atoms with Crippen LogP contribution in [-0.4, -0.2) is 37.6 Å². The molecule has 0 unspecified atom stereocenters. The summed E-state index contributed by atoms with van der Waals surface area (Å²) in [5, 5.41) is 3.41. The molecule has 0 bridgehead atoms. The van der Waals surface area contributed by atoms with Crippen molar-refractivity contribution in [3.8, 4) is 0 Å². The van der Waals surface area contributed by atoms with E-state index in [2.05, 4.69) is 49.9 Å². The summed E-state index contributed by atoms with van der Waals surface area (Å²) < 4.78 is 0. The van der Waals surface area contributed by atoms with Gasteiger partial charge in [-0.2, -0.15) is 0 Å². The average Bonchev–Trinajstić information content (AvgIpc) is 2.48. The van der Waals surface area contributed by atoms with Gasteiger partial charge in [-0.1, -0.05) is 37.3 Å². The Morgan fingerprint density at radius 2 is 2.00 bits per heavy atom. The maximum atomic E-state index is 4.42. The summed E-state index contributed by atoms with van der Waals surface area (Å²) in [7, 11) is 0. The van der Waals surface area contributed by atoms with Gasteiger partial charge in [-0.05, 0) is 43.4 Å². The maximum Gasteiger partial charge on any atom is 0.0194 e. The Hall–Kier alpha value is -0.860. The fourth-order valence-electron chi connectivity index (χ4n) is 4.00. The van der Waals surface area contributed by atoms with Crippen LogP contribution in [0.15, 0.2) is 37.0 Å². The third-order valence-corrected chi connectivity index (χ3v) is 5.62. The molecule has 0 amide bonds. The monoisotopic (exact) mass is 288 g/mol. The molecule has 2 fully saturated rings. The van der Waals surface area contributed by atoms with Crippen LogP contribution in [0.25, 0.3) is 0 Å². The lowest BCUT2D eigenvalue weighted by Gasteiger charge is -2.44. The molecule has 1 N–H and O–H groups in total. The molecule has 0 aromatic rings. The third-order valence-electron chi connectivity index (χ3n) is 5.62. The molecule has 0 aromatic carbocycles. The molecular formula is C19H32N2. The van der Waals surface area contributed by atoms with E-state index in [0.717, 1.165) is 32.7 Å². The third kappa shape index (κ3) is 3.87. The summed E-state index contributed by atoms with van der Waals surface area (Å²) >= 11 is 0. The zero-order chi connectivity index (χ0) is 15.5. The Bertz CT molecular complexity index is 406. The van der Waals surface area contributed by atoms with Gasteiger partial charge >= 0.3 is 0 Å². The second-order valence-electron chi connectivity index (χ2n) is 7.26. The molecule has 3 atom stereocenters. The van der Waals surface area contributed by atoms with E-state index in [1.165, 1.54) is 30.4 Å². The summed E-state index contributed by atoms with van der Waals surface area (Å²) in [6, 6.07) is 0. The average molecular weight is 288 g/mol. The quantitative estimate of drug-likeness (QED) is 0.777. The van der Waals surface area contributed by atoms with E-state index in [-0.39, 0.29) is 5.41 Å². The van der Waals surface area contributed by atoms with Crippen molar-refractivity contribution < 1.29 is 0 Å². The van der Waals surface area contributed by atoms with Crippen LogP contribution < -0.4 is 5.32 Å². The fraction of sp³-hybridized carbons (Fsp3) is 0.684. The molecule has 2 aliphatic rings. The largest absolute Gasteiger partial charge is 0.314 e. The summed E-state index contributed by atoms with van der Waals surface area (Å²) in [5.41, 5.74) is 2.95. The lowest BCUT2D eigenvalue weighted by Crippen LogP contribution is -2.45. The fourth-order valence-corrected chi connectivity index (χ4v) is 4.00. The molecule has 21 heavy (non-hydrogen) atoms. The molecule has 2 rings (SSSR count). The van der Waals surface area contributed by atoms with Gasteiger partial charge in [0.25, 0.3) is 0 Å². The molecule has 1 aliphatic heterocycles. The molecule has 1 saturated carbocycles. The van der Waals surface area contributed by atoms with E-state index in [4.69, 9.17) is 0 Å². The van der Waals surface area contributed by atoms with Crippen LogP contribution >= 0.6 is 0 Å². The van der Waals surface area contributed by atoms with E-state index in [1.807, 2.05) is 0 Å². The molecule has 0 aromatic heterocycles. The van der Waals surface area contributed by atoms with Gasteiger partial charge in [0.05, 0.1) is 0 Å². The van der Waals surface area contributed by atoms with Crippen LogP contribution in [0.3, 0.4) is 0 Å². The highest BCUT2D eigenvalue weighted by Crippen LogP contribution is 2.48. The molecule has 2 nitrogen and oxygen atoms in total. The Morgan fingerprint density at radius 3 is 2.57 bits per heavy atom. The Morgan fingerprint density at radius 1 is 1.33 bits per heavy atom. The molecule has 1 aliphatic carbocycles. The standard InChI is InChI=1S/C19H32N2/c1-6-19(5)8-7-17(13-18(19)15(2)3)16(4)14-21-11-9-20-10-12-21/h6,17-18,20H,1-2,4,7-14H2,3,5H3/t17-,18+,19-/m1/s1. The molecule has 0 spiro atoms. The van der Waals surface area contributed by atoms with Crippen LogP contribution in [0.2, 0.25) is 0 Å². The van der Waals surface area contributed by atoms with Crippen LogP contribution in [0.1, 0.15) is 33.1 Å². The van der Waals surface area contributed by atoms with Crippen molar-refractivity contribution in [2.45, 2.75) is 33.1 Å². The van der Waals surface area contributed by atoms with Gasteiger partial charge in [0.2, 0.25) is 0 Å². The topological polar surface area (TPSA) is 15.3 Å². The minimum Gasteiger partial charge on any atom is -0.314 e. The van der Waals surface area contributed by atoms with Gasteiger partial charge < -0.3 is 5.32 Å². The van der Waals surface area contributed by atoms with E-state index >= 15 is 0 Å². The van der Waals surface area contributed by atoms with E-state index in [0.29, 0.717) is 11.8 Å². The van der Waals surface area contributed by atoms with Crippen molar-refractivity contribution in [3.63, 3.8) is 0 Å².